The molecule has 0 bridgehead atoms. The third kappa shape index (κ3) is 3.80. The number of sulfone groups is 1. The van der Waals surface area contributed by atoms with Gasteiger partial charge in [-0.2, -0.15) is 5.10 Å². The van der Waals surface area contributed by atoms with E-state index in [2.05, 4.69) is 25.5 Å². The molecule has 10 heteroatoms. The predicted molar refractivity (Wildman–Crippen MR) is 114 cm³/mol. The highest BCUT2D eigenvalue weighted by molar-refractivity contribution is 7.90. The van der Waals surface area contributed by atoms with Crippen LogP contribution in [0.25, 0.3) is 22.8 Å². The summed E-state index contributed by atoms with van der Waals surface area (Å²) in [5.41, 5.74) is 2.07. The summed E-state index contributed by atoms with van der Waals surface area (Å²) in [6, 6.07) is 15.7. The van der Waals surface area contributed by atoms with E-state index in [0.29, 0.717) is 40.2 Å². The Morgan fingerprint density at radius 2 is 1.90 bits per heavy atom. The Morgan fingerprint density at radius 3 is 2.77 bits per heavy atom. The predicted octanol–water partition coefficient (Wildman–Crippen LogP) is 3.41. The van der Waals surface area contributed by atoms with Gasteiger partial charge in [0.2, 0.25) is 6.79 Å². The number of nitrogens with zero attached hydrogens (tertiary/aromatic N) is 3. The van der Waals surface area contributed by atoms with Gasteiger partial charge in [-0.05, 0) is 48.5 Å². The lowest BCUT2D eigenvalue weighted by Gasteiger charge is -2.10. The average molecular weight is 435 g/mol. The van der Waals surface area contributed by atoms with Crippen molar-refractivity contribution in [2.45, 2.75) is 4.90 Å². The number of anilines is 2. The van der Waals surface area contributed by atoms with Crippen molar-refractivity contribution in [3.05, 3.63) is 60.8 Å². The Morgan fingerprint density at radius 1 is 1.03 bits per heavy atom. The number of H-pyrrole nitrogens is 1. The highest BCUT2D eigenvalue weighted by Crippen LogP contribution is 2.35. The van der Waals surface area contributed by atoms with E-state index < -0.39 is 9.84 Å². The van der Waals surface area contributed by atoms with Crippen LogP contribution < -0.4 is 14.8 Å². The van der Waals surface area contributed by atoms with Crippen LogP contribution in [0.1, 0.15) is 0 Å². The lowest BCUT2D eigenvalue weighted by atomic mass is 10.2. The maximum Gasteiger partial charge on any atom is 0.231 e. The van der Waals surface area contributed by atoms with E-state index in [9.17, 15) is 8.42 Å². The molecule has 156 valence electrons. The third-order valence-corrected chi connectivity index (χ3v) is 5.81. The van der Waals surface area contributed by atoms with Gasteiger partial charge in [0.1, 0.15) is 5.82 Å². The molecule has 0 fully saturated rings. The van der Waals surface area contributed by atoms with E-state index in [1.807, 2.05) is 24.3 Å². The summed E-state index contributed by atoms with van der Waals surface area (Å²) < 4.78 is 34.5. The minimum atomic E-state index is -3.32. The van der Waals surface area contributed by atoms with E-state index in [-0.39, 0.29) is 11.7 Å². The largest absolute Gasteiger partial charge is 0.454 e. The second-order valence-electron chi connectivity index (χ2n) is 6.90. The zero-order valence-electron chi connectivity index (χ0n) is 16.4. The Balaban J connectivity index is 1.47. The number of rotatable bonds is 5. The second-order valence-corrected chi connectivity index (χ2v) is 8.92. The lowest BCUT2D eigenvalue weighted by molar-refractivity contribution is 0.174. The molecule has 2 aromatic carbocycles. The number of aromatic amines is 1. The first-order chi connectivity index (χ1) is 15.0. The Bertz CT molecular complexity index is 1380. The number of fused-ring (bicyclic) bond motifs is 1. The standard InChI is InChI=1S/C21H17N5O4S/c1-31(27,28)15-5-2-4-14(11-15)23-20-16(6-3-9-22-20)21-24-19(25-26-21)13-7-8-17-18(10-13)30-12-29-17/h2-11H,12H2,1H3,(H,22,23)(H,24,25,26). The molecule has 0 saturated carbocycles. The van der Waals surface area contributed by atoms with Crippen molar-refractivity contribution in [1.82, 2.24) is 20.2 Å². The van der Waals surface area contributed by atoms with Crippen LogP contribution >= 0.6 is 0 Å². The van der Waals surface area contributed by atoms with Crippen molar-refractivity contribution < 1.29 is 17.9 Å². The number of hydrogen-bond donors (Lipinski definition) is 2. The average Bonchev–Trinajstić information content (AvgIpc) is 3.43. The molecule has 9 nitrogen and oxygen atoms in total. The Labute approximate surface area is 178 Å². The van der Waals surface area contributed by atoms with E-state index >= 15 is 0 Å². The van der Waals surface area contributed by atoms with E-state index in [0.717, 1.165) is 5.56 Å². The van der Waals surface area contributed by atoms with Crippen molar-refractivity contribution in [1.29, 1.82) is 0 Å². The van der Waals surface area contributed by atoms with Crippen LogP contribution in [0.5, 0.6) is 11.5 Å². The quantitative estimate of drug-likeness (QED) is 0.489. The summed E-state index contributed by atoms with van der Waals surface area (Å²) in [6.45, 7) is 0.198. The molecule has 0 spiro atoms. The summed E-state index contributed by atoms with van der Waals surface area (Å²) >= 11 is 0. The first kappa shape index (κ1) is 19.1. The fraction of sp³-hybridized carbons (Fsp3) is 0.0952. The minimum absolute atomic E-state index is 0.198. The van der Waals surface area contributed by atoms with Gasteiger partial charge >= 0.3 is 0 Å². The van der Waals surface area contributed by atoms with Crippen LogP contribution in [-0.4, -0.2) is 41.6 Å². The Kier molecular flexibility index (Phi) is 4.55. The van der Waals surface area contributed by atoms with Crippen LogP contribution in [0.15, 0.2) is 65.7 Å². The molecule has 0 aliphatic carbocycles. The van der Waals surface area contributed by atoms with Crippen LogP contribution in [0.3, 0.4) is 0 Å². The van der Waals surface area contributed by atoms with Crippen molar-refractivity contribution in [3.63, 3.8) is 0 Å². The zero-order chi connectivity index (χ0) is 21.4. The molecular weight excluding hydrogens is 418 g/mol. The van der Waals surface area contributed by atoms with Gasteiger partial charge in [0.05, 0.1) is 10.5 Å². The summed E-state index contributed by atoms with van der Waals surface area (Å²) in [6.07, 6.45) is 2.81. The SMILES string of the molecule is CS(=O)(=O)c1cccc(Nc2ncccc2-c2nc(-c3ccc4c(c3)OCO4)n[nH]2)c1. The van der Waals surface area contributed by atoms with Gasteiger partial charge < -0.3 is 14.8 Å². The Hall–Kier alpha value is -3.92. The van der Waals surface area contributed by atoms with E-state index in [4.69, 9.17) is 9.47 Å². The van der Waals surface area contributed by atoms with Crippen LogP contribution in [0.4, 0.5) is 11.5 Å². The molecule has 5 rings (SSSR count). The van der Waals surface area contributed by atoms with E-state index in [1.54, 1.807) is 36.5 Å². The number of benzene rings is 2. The lowest BCUT2D eigenvalue weighted by Crippen LogP contribution is -2.00. The van der Waals surface area contributed by atoms with Crippen molar-refractivity contribution >= 4 is 21.3 Å². The topological polar surface area (TPSA) is 119 Å². The van der Waals surface area contributed by atoms with E-state index in [1.165, 1.54) is 6.26 Å². The molecule has 4 aromatic rings. The molecule has 0 radical (unpaired) electrons. The first-order valence-electron chi connectivity index (χ1n) is 9.32. The van der Waals surface area contributed by atoms with Crippen LogP contribution in [-0.2, 0) is 9.84 Å². The highest BCUT2D eigenvalue weighted by atomic mass is 32.2. The normalized spacial score (nSPS) is 12.7. The fourth-order valence-corrected chi connectivity index (χ4v) is 3.85. The smallest absolute Gasteiger partial charge is 0.231 e. The van der Waals surface area contributed by atoms with Gasteiger partial charge in [0.15, 0.2) is 33.0 Å². The molecular formula is C21H17N5O4S. The molecule has 2 aromatic heterocycles. The van der Waals surface area contributed by atoms with Crippen molar-refractivity contribution in [2.75, 3.05) is 18.4 Å². The van der Waals surface area contributed by atoms with Gasteiger partial charge in [-0.15, -0.1) is 0 Å². The van der Waals surface area contributed by atoms with Crippen LogP contribution in [0, 0.1) is 0 Å². The fourth-order valence-electron chi connectivity index (χ4n) is 3.18. The first-order valence-corrected chi connectivity index (χ1v) is 11.2. The molecule has 31 heavy (non-hydrogen) atoms. The van der Waals surface area contributed by atoms with Gasteiger partial charge in [0.25, 0.3) is 0 Å². The van der Waals surface area contributed by atoms with Crippen molar-refractivity contribution in [2.24, 2.45) is 0 Å². The number of nitrogens with one attached hydrogen (secondary N) is 2. The molecule has 0 atom stereocenters. The number of pyridine rings is 1. The van der Waals surface area contributed by atoms with Gasteiger partial charge in [-0.25, -0.2) is 18.4 Å². The highest BCUT2D eigenvalue weighted by Gasteiger charge is 2.17. The number of ether oxygens (including phenoxy) is 2. The molecule has 2 N–H and O–H groups in total. The molecule has 3 heterocycles. The number of aromatic nitrogens is 4. The maximum absolute atomic E-state index is 11.9. The molecule has 1 aliphatic heterocycles. The number of hydrogen-bond acceptors (Lipinski definition) is 8. The molecule has 0 saturated heterocycles. The molecule has 0 unspecified atom stereocenters. The van der Waals surface area contributed by atoms with Crippen LogP contribution in [0.2, 0.25) is 0 Å². The summed E-state index contributed by atoms with van der Waals surface area (Å²) in [5, 5.41) is 10.4. The minimum Gasteiger partial charge on any atom is -0.454 e. The van der Waals surface area contributed by atoms with Crippen molar-refractivity contribution in [3.8, 4) is 34.3 Å². The monoisotopic (exact) mass is 435 g/mol. The van der Waals surface area contributed by atoms with Gasteiger partial charge in [-0.1, -0.05) is 6.07 Å². The second kappa shape index (κ2) is 7.40. The summed E-state index contributed by atoms with van der Waals surface area (Å²) in [7, 11) is -3.32. The third-order valence-electron chi connectivity index (χ3n) is 4.70. The summed E-state index contributed by atoms with van der Waals surface area (Å²) in [4.78, 5) is 9.20. The van der Waals surface area contributed by atoms with Gasteiger partial charge in [0, 0.05) is 23.7 Å². The molecule has 1 aliphatic rings. The summed E-state index contributed by atoms with van der Waals surface area (Å²) in [5.74, 6) is 2.87. The molecule has 0 amide bonds. The van der Waals surface area contributed by atoms with Gasteiger partial charge in [-0.3, -0.25) is 5.10 Å². The maximum atomic E-state index is 11.9. The zero-order valence-corrected chi connectivity index (χ0v) is 17.2.